The summed E-state index contributed by atoms with van der Waals surface area (Å²) in [6.07, 6.45) is 1.61. The van der Waals surface area contributed by atoms with Gasteiger partial charge in [-0.3, -0.25) is 4.79 Å². The highest BCUT2D eigenvalue weighted by Crippen LogP contribution is 2.35. The molecule has 152 valence electrons. The van der Waals surface area contributed by atoms with Gasteiger partial charge in [0.05, 0.1) is 10.3 Å². The molecule has 0 unspecified atom stereocenters. The van der Waals surface area contributed by atoms with Gasteiger partial charge in [0.1, 0.15) is 17.0 Å². The highest BCUT2D eigenvalue weighted by molar-refractivity contribution is 7.20. The molecule has 29 heavy (non-hydrogen) atoms. The number of rotatable bonds is 4. The van der Waals surface area contributed by atoms with Gasteiger partial charge in [-0.05, 0) is 43.1 Å². The summed E-state index contributed by atoms with van der Waals surface area (Å²) in [5.41, 5.74) is 3.02. The number of carbonyl (C=O) groups excluding carboxylic acids is 1. The van der Waals surface area contributed by atoms with Crippen molar-refractivity contribution in [2.45, 2.75) is 26.7 Å². The van der Waals surface area contributed by atoms with Crippen molar-refractivity contribution in [3.05, 3.63) is 46.6 Å². The zero-order chi connectivity index (χ0) is 20.5. The van der Waals surface area contributed by atoms with Crippen molar-refractivity contribution >= 4 is 39.0 Å². The number of benzene rings is 1. The predicted molar refractivity (Wildman–Crippen MR) is 120 cm³/mol. The maximum absolute atomic E-state index is 13.0. The summed E-state index contributed by atoms with van der Waals surface area (Å²) < 4.78 is 0. The number of aryl methyl sites for hydroxylation is 1. The molecule has 3 heterocycles. The lowest BCUT2D eigenvalue weighted by Gasteiger charge is -2.33. The summed E-state index contributed by atoms with van der Waals surface area (Å²) in [5, 5.41) is 4.04. The van der Waals surface area contributed by atoms with Crippen LogP contribution in [-0.4, -0.2) is 54.0 Å². The Bertz CT molecular complexity index is 1020. The topological polar surface area (TPSA) is 61.4 Å². The number of fused-ring (bicyclic) bond motifs is 1. The molecule has 1 aliphatic rings. The van der Waals surface area contributed by atoms with Gasteiger partial charge in [0.2, 0.25) is 0 Å². The Morgan fingerprint density at radius 3 is 2.45 bits per heavy atom. The van der Waals surface area contributed by atoms with E-state index >= 15 is 0 Å². The number of piperazine rings is 1. The van der Waals surface area contributed by atoms with Gasteiger partial charge in [-0.2, -0.15) is 0 Å². The Morgan fingerprint density at radius 2 is 1.79 bits per heavy atom. The Balaban J connectivity index is 1.61. The smallest absolute Gasteiger partial charge is 0.266 e. The van der Waals surface area contributed by atoms with Gasteiger partial charge >= 0.3 is 0 Å². The fourth-order valence-electron chi connectivity index (χ4n) is 3.67. The number of amides is 1. The number of aromatic nitrogens is 2. The van der Waals surface area contributed by atoms with Crippen molar-refractivity contribution < 1.29 is 4.79 Å². The summed E-state index contributed by atoms with van der Waals surface area (Å²) in [6.45, 7) is 10.2. The number of likely N-dealkylation sites (N-methyl/N-ethyl adjacent to an activating group) is 1. The zero-order valence-corrected chi connectivity index (χ0v) is 18.2. The van der Waals surface area contributed by atoms with Crippen LogP contribution in [0.5, 0.6) is 0 Å². The molecule has 0 atom stereocenters. The van der Waals surface area contributed by atoms with Gasteiger partial charge < -0.3 is 15.1 Å². The molecule has 0 spiro atoms. The minimum Gasteiger partial charge on any atom is -0.353 e. The van der Waals surface area contributed by atoms with Crippen LogP contribution >= 0.6 is 11.3 Å². The number of nitrogens with zero attached hydrogens (tertiary/aromatic N) is 4. The third kappa shape index (κ3) is 3.97. The Morgan fingerprint density at radius 1 is 1.10 bits per heavy atom. The number of carbonyl (C=O) groups is 1. The number of thiophene rings is 1. The standard InChI is InChI=1S/C22H27N5OS/c1-14(2)16-5-7-17(8-6-16)25-21(28)19-15(3)18-20(23-13-24-22(18)29-19)27-11-9-26(4)10-12-27/h5-8,13-14H,9-12H2,1-4H3,(H,25,28). The van der Waals surface area contributed by atoms with Crippen LogP contribution in [0.1, 0.15) is 40.6 Å². The van der Waals surface area contributed by atoms with E-state index in [1.54, 1.807) is 6.33 Å². The van der Waals surface area contributed by atoms with Crippen LogP contribution in [0, 0.1) is 6.92 Å². The van der Waals surface area contributed by atoms with Gasteiger partial charge in [0, 0.05) is 31.9 Å². The SMILES string of the molecule is Cc1c(C(=O)Nc2ccc(C(C)C)cc2)sc2ncnc(N3CCN(C)CC3)c12. The molecule has 0 aliphatic carbocycles. The van der Waals surface area contributed by atoms with Crippen molar-refractivity contribution in [2.75, 3.05) is 43.4 Å². The minimum absolute atomic E-state index is 0.0906. The molecule has 1 fully saturated rings. The second-order valence-electron chi connectivity index (χ2n) is 7.95. The Kier molecular flexibility index (Phi) is 5.52. The lowest BCUT2D eigenvalue weighted by Crippen LogP contribution is -2.44. The van der Waals surface area contributed by atoms with E-state index in [0.29, 0.717) is 10.8 Å². The summed E-state index contributed by atoms with van der Waals surface area (Å²) in [6, 6.07) is 8.06. The van der Waals surface area contributed by atoms with E-state index in [1.807, 2.05) is 19.1 Å². The number of nitrogens with one attached hydrogen (secondary N) is 1. The summed E-state index contributed by atoms with van der Waals surface area (Å²) in [5.74, 6) is 1.32. The van der Waals surface area contributed by atoms with Crippen LogP contribution in [-0.2, 0) is 0 Å². The maximum Gasteiger partial charge on any atom is 0.266 e. The zero-order valence-electron chi connectivity index (χ0n) is 17.4. The number of hydrogen-bond donors (Lipinski definition) is 1. The molecule has 1 amide bonds. The molecule has 1 saturated heterocycles. The molecule has 0 radical (unpaired) electrons. The van der Waals surface area contributed by atoms with Gasteiger partial charge in [-0.1, -0.05) is 26.0 Å². The number of anilines is 2. The van der Waals surface area contributed by atoms with Gasteiger partial charge in [-0.15, -0.1) is 11.3 Å². The van der Waals surface area contributed by atoms with Crippen LogP contribution in [0.25, 0.3) is 10.2 Å². The average molecular weight is 410 g/mol. The van der Waals surface area contributed by atoms with Crippen LogP contribution in [0.15, 0.2) is 30.6 Å². The van der Waals surface area contributed by atoms with Crippen LogP contribution in [0.2, 0.25) is 0 Å². The molecule has 0 saturated carbocycles. The van der Waals surface area contributed by atoms with Crippen LogP contribution < -0.4 is 10.2 Å². The molecule has 4 rings (SSSR count). The first-order chi connectivity index (χ1) is 13.9. The average Bonchev–Trinajstić information content (AvgIpc) is 3.06. The molecule has 2 aromatic heterocycles. The second kappa shape index (κ2) is 8.08. The quantitative estimate of drug-likeness (QED) is 0.702. The van der Waals surface area contributed by atoms with E-state index in [4.69, 9.17) is 0 Å². The molecule has 6 nitrogen and oxygen atoms in total. The molecule has 0 bridgehead atoms. The molecular weight excluding hydrogens is 382 g/mol. The van der Waals surface area contributed by atoms with E-state index < -0.39 is 0 Å². The second-order valence-corrected chi connectivity index (χ2v) is 8.95. The van der Waals surface area contributed by atoms with Gasteiger partial charge in [0.15, 0.2) is 0 Å². The molecule has 7 heteroatoms. The molecule has 1 N–H and O–H groups in total. The van der Waals surface area contributed by atoms with E-state index in [-0.39, 0.29) is 5.91 Å². The predicted octanol–water partition coefficient (Wildman–Crippen LogP) is 4.13. The molecule has 1 aromatic carbocycles. The van der Waals surface area contributed by atoms with Crippen molar-refractivity contribution in [2.24, 2.45) is 0 Å². The van der Waals surface area contributed by atoms with Crippen LogP contribution in [0.4, 0.5) is 11.5 Å². The van der Waals surface area contributed by atoms with Crippen molar-refractivity contribution in [1.82, 2.24) is 14.9 Å². The van der Waals surface area contributed by atoms with E-state index in [1.165, 1.54) is 16.9 Å². The van der Waals surface area contributed by atoms with E-state index in [0.717, 1.165) is 53.5 Å². The Labute approximate surface area is 175 Å². The lowest BCUT2D eigenvalue weighted by molar-refractivity contribution is 0.103. The summed E-state index contributed by atoms with van der Waals surface area (Å²) >= 11 is 1.44. The first kappa shape index (κ1) is 19.8. The highest BCUT2D eigenvalue weighted by Gasteiger charge is 2.23. The monoisotopic (exact) mass is 409 g/mol. The third-order valence-electron chi connectivity index (χ3n) is 5.55. The van der Waals surface area contributed by atoms with E-state index in [2.05, 4.69) is 58.1 Å². The molecular formula is C22H27N5OS. The first-order valence-corrected chi connectivity index (χ1v) is 10.8. The fraction of sp³-hybridized carbons (Fsp3) is 0.409. The molecule has 1 aliphatic heterocycles. The normalized spacial score (nSPS) is 15.3. The largest absolute Gasteiger partial charge is 0.353 e. The highest BCUT2D eigenvalue weighted by atomic mass is 32.1. The minimum atomic E-state index is -0.0906. The maximum atomic E-state index is 13.0. The third-order valence-corrected chi connectivity index (χ3v) is 6.75. The van der Waals surface area contributed by atoms with E-state index in [9.17, 15) is 4.79 Å². The fourth-order valence-corrected chi connectivity index (χ4v) is 4.71. The summed E-state index contributed by atoms with van der Waals surface area (Å²) in [7, 11) is 2.14. The van der Waals surface area contributed by atoms with Crippen LogP contribution in [0.3, 0.4) is 0 Å². The molecule has 3 aromatic rings. The Hall–Kier alpha value is -2.51. The van der Waals surface area contributed by atoms with Crippen molar-refractivity contribution in [3.8, 4) is 0 Å². The van der Waals surface area contributed by atoms with Crippen molar-refractivity contribution in [1.29, 1.82) is 0 Å². The summed E-state index contributed by atoms with van der Waals surface area (Å²) in [4.78, 5) is 28.2. The lowest BCUT2D eigenvalue weighted by atomic mass is 10.0. The van der Waals surface area contributed by atoms with Crippen molar-refractivity contribution in [3.63, 3.8) is 0 Å². The van der Waals surface area contributed by atoms with Gasteiger partial charge in [0.25, 0.3) is 5.91 Å². The number of hydrogen-bond acceptors (Lipinski definition) is 6. The first-order valence-electron chi connectivity index (χ1n) is 10.0. The van der Waals surface area contributed by atoms with Gasteiger partial charge in [-0.25, -0.2) is 9.97 Å².